The number of rotatable bonds is 7. The van der Waals surface area contributed by atoms with E-state index in [1.54, 1.807) is 0 Å². The van der Waals surface area contributed by atoms with Gasteiger partial charge in [0.05, 0.1) is 44.8 Å². The fraction of sp³-hybridized carbons (Fsp3) is 0.122. The Kier molecular flexibility index (Phi) is 17.3. The van der Waals surface area contributed by atoms with Gasteiger partial charge in [-0.2, -0.15) is 0 Å². The predicted octanol–water partition coefficient (Wildman–Crippen LogP) is 31.5. The standard InChI is InChI=1S/C46H34N2.C39H28N2.C38H30N2/c1-45(2)38-25-31(17-19-33(38)36-21-27-11-5-7-13-29(27)23-40(36)45)43-35-15-9-10-16-42(35)47-44(48-43)32-18-20-34-37-22-28-12-6-8-14-30(28)24-41(37)46(3,4)39(34)26-32;1-39(2)33-24-30(20-21-31(33)32-22-28-12-6-7-13-29(28)23-34(32)39)38-37(40-35-14-8-9-15-36(35)41-38)27-18-16-26(17-19-27)25-10-4-3-5-11-25;1-37(2)30-14-8-5-11-25(30)27-19-17-23(21-32(27)37)35-29-13-7-10-16-34(29)39-36(40-35)24-18-20-28-26-12-6-9-15-31(26)38(3,4)33(28)22-24/h5-26H,1-4H3;3-24H,1-2H3;5-22H,1-4H3. The van der Waals surface area contributed by atoms with Gasteiger partial charge in [0.15, 0.2) is 11.6 Å². The molecule has 6 heteroatoms. The van der Waals surface area contributed by atoms with E-state index in [4.69, 9.17) is 29.9 Å². The molecule has 26 rings (SSSR count). The first-order valence-electron chi connectivity index (χ1n) is 45.2. The van der Waals surface area contributed by atoms with E-state index >= 15 is 0 Å². The average Bonchev–Trinajstić information content (AvgIpc) is 1.60. The lowest BCUT2D eigenvalue weighted by molar-refractivity contribution is 0.660. The third-order valence-electron chi connectivity index (χ3n) is 29.2. The smallest absolute Gasteiger partial charge is 0.160 e. The largest absolute Gasteiger partial charge is 0.244 e. The molecule has 18 aromatic carbocycles. The third-order valence-corrected chi connectivity index (χ3v) is 29.2. The molecule has 0 unspecified atom stereocenters. The van der Waals surface area contributed by atoms with Crippen molar-refractivity contribution in [2.45, 2.75) is 96.3 Å². The van der Waals surface area contributed by atoms with Gasteiger partial charge in [0.1, 0.15) is 0 Å². The fourth-order valence-corrected chi connectivity index (χ4v) is 22.1. The van der Waals surface area contributed by atoms with E-state index in [2.05, 4.69) is 415 Å². The van der Waals surface area contributed by atoms with E-state index in [1.165, 1.54) is 155 Å². The summed E-state index contributed by atoms with van der Waals surface area (Å²) < 4.78 is 0. The van der Waals surface area contributed by atoms with Gasteiger partial charge in [-0.15, -0.1) is 0 Å². The molecule has 0 bridgehead atoms. The van der Waals surface area contributed by atoms with Gasteiger partial charge < -0.3 is 0 Å². The molecule has 3 heterocycles. The Hall–Kier alpha value is -15.2. The molecule has 0 atom stereocenters. The number of aromatic nitrogens is 6. The van der Waals surface area contributed by atoms with Crippen molar-refractivity contribution in [3.05, 3.63) is 432 Å². The minimum Gasteiger partial charge on any atom is -0.244 e. The second-order valence-corrected chi connectivity index (χ2v) is 38.4. The van der Waals surface area contributed by atoms with Crippen molar-refractivity contribution in [3.63, 3.8) is 0 Å². The zero-order chi connectivity index (χ0) is 87.1. The van der Waals surface area contributed by atoms with E-state index in [1.807, 2.05) is 30.3 Å². The summed E-state index contributed by atoms with van der Waals surface area (Å²) in [5.41, 5.74) is 42.7. The maximum Gasteiger partial charge on any atom is 0.160 e. The number of para-hydroxylation sites is 4. The molecule has 3 aromatic heterocycles. The van der Waals surface area contributed by atoms with Crippen molar-refractivity contribution in [1.82, 2.24) is 29.9 Å². The lowest BCUT2D eigenvalue weighted by atomic mass is 9.81. The van der Waals surface area contributed by atoms with Gasteiger partial charge in [-0.25, -0.2) is 29.9 Å². The zero-order valence-electron chi connectivity index (χ0n) is 74.0. The van der Waals surface area contributed by atoms with Gasteiger partial charge in [-0.1, -0.05) is 354 Å². The van der Waals surface area contributed by atoms with Gasteiger partial charge >= 0.3 is 0 Å². The van der Waals surface area contributed by atoms with Crippen LogP contribution in [0.2, 0.25) is 0 Å². The van der Waals surface area contributed by atoms with Gasteiger partial charge in [-0.05, 0) is 246 Å². The lowest BCUT2D eigenvalue weighted by Crippen LogP contribution is -2.15. The molecule has 0 saturated carbocycles. The third kappa shape index (κ3) is 12.3. The lowest BCUT2D eigenvalue weighted by Gasteiger charge is -2.23. The Morgan fingerprint density at radius 3 is 0.783 bits per heavy atom. The molecule has 0 saturated heterocycles. The predicted molar refractivity (Wildman–Crippen MR) is 537 cm³/mol. The van der Waals surface area contributed by atoms with Crippen molar-refractivity contribution >= 4 is 65.2 Å². The number of nitrogens with zero attached hydrogens (tertiary/aromatic N) is 6. The van der Waals surface area contributed by atoms with Crippen molar-refractivity contribution in [2.24, 2.45) is 0 Å². The zero-order valence-corrected chi connectivity index (χ0v) is 74.0. The number of hydrogen-bond donors (Lipinski definition) is 0. The molecule has 0 aliphatic heterocycles. The first-order chi connectivity index (χ1) is 62.7. The van der Waals surface area contributed by atoms with Gasteiger partial charge in [-0.3, -0.25) is 0 Å². The summed E-state index contributed by atoms with van der Waals surface area (Å²) in [5.74, 6) is 1.53. The van der Waals surface area contributed by atoms with Crippen LogP contribution < -0.4 is 0 Å². The summed E-state index contributed by atoms with van der Waals surface area (Å²) in [6, 6.07) is 136. The van der Waals surface area contributed by atoms with Gasteiger partial charge in [0, 0.05) is 71.2 Å². The van der Waals surface area contributed by atoms with Crippen LogP contribution in [0.3, 0.4) is 0 Å². The molecule has 0 radical (unpaired) electrons. The minimum atomic E-state index is -0.129. The molecule has 0 fully saturated rings. The van der Waals surface area contributed by atoms with Gasteiger partial charge in [0.25, 0.3) is 0 Å². The molecule has 0 spiro atoms. The van der Waals surface area contributed by atoms with Crippen LogP contribution in [-0.2, 0) is 27.1 Å². The van der Waals surface area contributed by atoms with E-state index < -0.39 is 0 Å². The van der Waals surface area contributed by atoms with Crippen LogP contribution in [-0.4, -0.2) is 29.9 Å². The monoisotopic (exact) mass is 1650 g/mol. The second-order valence-electron chi connectivity index (χ2n) is 38.4. The van der Waals surface area contributed by atoms with Gasteiger partial charge in [0.2, 0.25) is 0 Å². The highest BCUT2D eigenvalue weighted by molar-refractivity contribution is 6.02. The Labute approximate surface area is 752 Å². The van der Waals surface area contributed by atoms with E-state index in [0.717, 1.165) is 101 Å². The normalized spacial score (nSPS) is 14.6. The summed E-state index contributed by atoms with van der Waals surface area (Å²) in [7, 11) is 0. The molecule has 21 aromatic rings. The molecule has 5 aliphatic rings. The topological polar surface area (TPSA) is 77.3 Å². The highest BCUT2D eigenvalue weighted by Crippen LogP contribution is 2.57. The van der Waals surface area contributed by atoms with Crippen LogP contribution in [0.25, 0.3) is 200 Å². The highest BCUT2D eigenvalue weighted by Gasteiger charge is 2.42. The maximum atomic E-state index is 5.36. The summed E-state index contributed by atoms with van der Waals surface area (Å²) in [5, 5.41) is 9.85. The van der Waals surface area contributed by atoms with E-state index in [0.29, 0.717) is 0 Å². The van der Waals surface area contributed by atoms with Crippen molar-refractivity contribution in [3.8, 4) is 135 Å². The highest BCUT2D eigenvalue weighted by atomic mass is 14.9. The number of hydrogen-bond acceptors (Lipinski definition) is 6. The molecular formula is C123H92N6. The van der Waals surface area contributed by atoms with Crippen molar-refractivity contribution in [1.29, 1.82) is 0 Å². The van der Waals surface area contributed by atoms with E-state index in [-0.39, 0.29) is 27.1 Å². The summed E-state index contributed by atoms with van der Waals surface area (Å²) in [6.45, 7) is 23.4. The molecule has 129 heavy (non-hydrogen) atoms. The number of fused-ring (bicyclic) bond motifs is 21. The fourth-order valence-electron chi connectivity index (χ4n) is 22.1. The molecular weight excluding hydrogens is 1560 g/mol. The SMILES string of the molecule is CC1(C)c2cc(-c3nc(-c4ccc5c(c4)C(C)(C)c4cc6ccccc6cc4-5)c4ccccc4n3)ccc2-c2cc3ccccc3cc21.CC1(C)c2cc(-c3nc4ccccc4nc3-c3ccc(-c4ccccc4)cc3)ccc2-c2cc3ccccc3cc21.CC1(C)c2ccccc2-c2ccc(-c3nc(-c4ccc5c(c4)C(C)(C)c4ccccc4-5)c4ccccc4n3)cc21. The van der Waals surface area contributed by atoms with Crippen LogP contribution >= 0.6 is 0 Å². The molecule has 0 amide bonds. The van der Waals surface area contributed by atoms with Crippen LogP contribution in [0.1, 0.15) is 125 Å². The summed E-state index contributed by atoms with van der Waals surface area (Å²) in [6.07, 6.45) is 0. The average molecular weight is 1650 g/mol. The Morgan fingerprint density at radius 2 is 0.395 bits per heavy atom. The molecule has 5 aliphatic carbocycles. The van der Waals surface area contributed by atoms with E-state index in [9.17, 15) is 0 Å². The molecule has 6 nitrogen and oxygen atoms in total. The Balaban J connectivity index is 0.000000108. The molecule has 614 valence electrons. The summed E-state index contributed by atoms with van der Waals surface area (Å²) in [4.78, 5) is 31.2. The second kappa shape index (κ2) is 28.9. The Morgan fingerprint density at radius 1 is 0.147 bits per heavy atom. The Bertz CT molecular complexity index is 8330. The van der Waals surface area contributed by atoms with Crippen LogP contribution in [0.4, 0.5) is 0 Å². The first-order valence-corrected chi connectivity index (χ1v) is 45.2. The van der Waals surface area contributed by atoms with Crippen molar-refractivity contribution < 1.29 is 0 Å². The van der Waals surface area contributed by atoms with Crippen molar-refractivity contribution in [2.75, 3.05) is 0 Å². The van der Waals surface area contributed by atoms with Crippen LogP contribution in [0, 0.1) is 0 Å². The first kappa shape index (κ1) is 77.3. The molecule has 0 N–H and O–H groups in total. The summed E-state index contributed by atoms with van der Waals surface area (Å²) >= 11 is 0. The van der Waals surface area contributed by atoms with Crippen LogP contribution in [0.5, 0.6) is 0 Å². The minimum absolute atomic E-state index is 0.0613. The quantitative estimate of drug-likeness (QED) is 0.158. The maximum absolute atomic E-state index is 5.36. The number of benzene rings is 18. The van der Waals surface area contributed by atoms with Crippen LogP contribution in [0.15, 0.2) is 376 Å².